The van der Waals surface area contributed by atoms with Gasteiger partial charge in [-0.1, -0.05) is 12.8 Å². The highest BCUT2D eigenvalue weighted by molar-refractivity contribution is 7.93. The Kier molecular flexibility index (Phi) is 2.52. The van der Waals surface area contributed by atoms with Gasteiger partial charge in [0.1, 0.15) is 0 Å². The second-order valence-electron chi connectivity index (χ2n) is 1.18. The maximum absolute atomic E-state index is 9.99. The molecule has 0 atom stereocenters. The highest BCUT2D eigenvalue weighted by Crippen LogP contribution is 1.71. The molecule has 2 N–H and O–H groups in total. The van der Waals surface area contributed by atoms with Crippen LogP contribution in [0.3, 0.4) is 0 Å². The Bertz CT molecular complexity index is 206. The number of hydrogen-bond acceptors (Lipinski definition) is 2. The van der Waals surface area contributed by atoms with E-state index in [0.717, 1.165) is 0 Å². The second-order valence-corrected chi connectivity index (χ2v) is 2.47. The summed E-state index contributed by atoms with van der Waals surface area (Å²) in [5, 5.41) is 6.39. The SMILES string of the molecule is CCC#CS(N)(=O)=O. The molecule has 4 heteroatoms. The number of hydrogen-bond donors (Lipinski definition) is 1. The van der Waals surface area contributed by atoms with Gasteiger partial charge in [-0.25, -0.2) is 5.14 Å². The Morgan fingerprint density at radius 2 is 2.12 bits per heavy atom. The summed E-state index contributed by atoms with van der Waals surface area (Å²) in [7, 11) is -3.55. The van der Waals surface area contributed by atoms with Crippen molar-refractivity contribution >= 4 is 10.0 Å². The topological polar surface area (TPSA) is 60.2 Å². The molecule has 0 saturated carbocycles. The summed E-state index contributed by atoms with van der Waals surface area (Å²) in [4.78, 5) is 0. The van der Waals surface area contributed by atoms with Gasteiger partial charge in [0, 0.05) is 11.7 Å². The molecule has 0 aromatic carbocycles. The van der Waals surface area contributed by atoms with Crippen molar-refractivity contribution in [3.63, 3.8) is 0 Å². The predicted molar refractivity (Wildman–Crippen MR) is 31.2 cm³/mol. The Morgan fingerprint density at radius 3 is 2.25 bits per heavy atom. The number of sulfonamides is 1. The highest BCUT2D eigenvalue weighted by Gasteiger charge is 1.88. The lowest BCUT2D eigenvalue weighted by Crippen LogP contribution is -2.07. The van der Waals surface area contributed by atoms with Crippen LogP contribution >= 0.6 is 0 Å². The minimum Gasteiger partial charge on any atom is -0.218 e. The molecule has 0 radical (unpaired) electrons. The van der Waals surface area contributed by atoms with E-state index in [1.807, 2.05) is 5.25 Å². The minimum atomic E-state index is -3.55. The first-order valence-corrected chi connectivity index (χ1v) is 3.63. The molecule has 0 aromatic rings. The summed E-state index contributed by atoms with van der Waals surface area (Å²) in [6.07, 6.45) is 0.510. The van der Waals surface area contributed by atoms with Crippen LogP contribution in [0.2, 0.25) is 0 Å². The van der Waals surface area contributed by atoms with Crippen molar-refractivity contribution in [3.05, 3.63) is 0 Å². The first-order valence-electron chi connectivity index (χ1n) is 2.08. The predicted octanol–water partition coefficient (Wildman–Crippen LogP) is -0.354. The van der Waals surface area contributed by atoms with E-state index in [1.165, 1.54) is 0 Å². The Hall–Kier alpha value is -0.530. The third-order valence-corrected chi connectivity index (χ3v) is 0.820. The molecular formula is C4H7NO2S. The quantitative estimate of drug-likeness (QED) is 0.459. The highest BCUT2D eigenvalue weighted by atomic mass is 32.2. The molecule has 0 aliphatic heterocycles. The van der Waals surface area contributed by atoms with Crippen LogP contribution in [0.5, 0.6) is 0 Å². The van der Waals surface area contributed by atoms with Gasteiger partial charge in [0.2, 0.25) is 0 Å². The monoisotopic (exact) mass is 133 g/mol. The molecule has 0 aromatic heterocycles. The minimum absolute atomic E-state index is 0.510. The molecule has 46 valence electrons. The van der Waals surface area contributed by atoms with Gasteiger partial charge in [-0.2, -0.15) is 8.42 Å². The van der Waals surface area contributed by atoms with E-state index in [9.17, 15) is 8.42 Å². The summed E-state index contributed by atoms with van der Waals surface area (Å²) in [5.41, 5.74) is 0. The van der Waals surface area contributed by atoms with E-state index in [4.69, 9.17) is 0 Å². The fourth-order valence-corrected chi connectivity index (χ4v) is 0.518. The van der Waals surface area contributed by atoms with Gasteiger partial charge in [-0.05, 0) is 0 Å². The van der Waals surface area contributed by atoms with Crippen molar-refractivity contribution in [2.75, 3.05) is 0 Å². The lowest BCUT2D eigenvalue weighted by molar-refractivity contribution is 0.607. The first-order chi connectivity index (χ1) is 3.56. The van der Waals surface area contributed by atoms with Crippen molar-refractivity contribution in [1.29, 1.82) is 0 Å². The average Bonchev–Trinajstić information content (AvgIpc) is 1.59. The van der Waals surface area contributed by atoms with Crippen molar-refractivity contribution in [3.8, 4) is 11.2 Å². The summed E-state index contributed by atoms with van der Waals surface area (Å²) in [6, 6.07) is 0. The molecule has 0 rings (SSSR count). The van der Waals surface area contributed by atoms with Gasteiger partial charge >= 0.3 is 0 Å². The zero-order chi connectivity index (χ0) is 6.62. The average molecular weight is 133 g/mol. The summed E-state index contributed by atoms with van der Waals surface area (Å²) >= 11 is 0. The van der Waals surface area contributed by atoms with Gasteiger partial charge in [-0.3, -0.25) is 0 Å². The molecular weight excluding hydrogens is 126 g/mol. The van der Waals surface area contributed by atoms with E-state index >= 15 is 0 Å². The lowest BCUT2D eigenvalue weighted by atomic mass is 10.5. The molecule has 0 bridgehead atoms. The van der Waals surface area contributed by atoms with Crippen LogP contribution in [-0.4, -0.2) is 8.42 Å². The van der Waals surface area contributed by atoms with Crippen molar-refractivity contribution < 1.29 is 8.42 Å². The molecule has 0 unspecified atom stereocenters. The fourth-order valence-electron chi connectivity index (χ4n) is 0.173. The summed E-state index contributed by atoms with van der Waals surface area (Å²) in [6.45, 7) is 1.75. The molecule has 0 aliphatic carbocycles. The smallest absolute Gasteiger partial charge is 0.218 e. The second kappa shape index (κ2) is 2.70. The lowest BCUT2D eigenvalue weighted by Gasteiger charge is -1.75. The zero-order valence-corrected chi connectivity index (χ0v) is 5.33. The largest absolute Gasteiger partial charge is 0.277 e. The van der Waals surface area contributed by atoms with Gasteiger partial charge in [-0.15, -0.1) is 0 Å². The van der Waals surface area contributed by atoms with E-state index in [-0.39, 0.29) is 0 Å². The summed E-state index contributed by atoms with van der Waals surface area (Å²) in [5.74, 6) is 2.33. The normalized spacial score (nSPS) is 9.75. The van der Waals surface area contributed by atoms with Crippen molar-refractivity contribution in [2.24, 2.45) is 5.14 Å². The third-order valence-electron chi connectivity index (χ3n) is 0.391. The van der Waals surface area contributed by atoms with Gasteiger partial charge in [0.05, 0.1) is 0 Å². The van der Waals surface area contributed by atoms with E-state index in [2.05, 4.69) is 11.1 Å². The van der Waals surface area contributed by atoms with E-state index in [0.29, 0.717) is 6.42 Å². The Morgan fingerprint density at radius 1 is 1.62 bits per heavy atom. The zero-order valence-electron chi connectivity index (χ0n) is 4.51. The molecule has 0 amide bonds. The molecule has 0 aliphatic rings. The Labute approximate surface area is 48.9 Å². The standard InChI is InChI=1S/C4H7NO2S/c1-2-3-4-8(5,6)7/h2H2,1H3,(H2,5,6,7). The number of nitrogens with two attached hydrogens (primary N) is 1. The van der Waals surface area contributed by atoms with Gasteiger partial charge in [0.15, 0.2) is 0 Å². The van der Waals surface area contributed by atoms with Crippen LogP contribution in [0.15, 0.2) is 0 Å². The molecule has 8 heavy (non-hydrogen) atoms. The van der Waals surface area contributed by atoms with Crippen molar-refractivity contribution in [1.82, 2.24) is 0 Å². The van der Waals surface area contributed by atoms with Crippen LogP contribution in [0.1, 0.15) is 13.3 Å². The summed E-state index contributed by atoms with van der Waals surface area (Å²) < 4.78 is 20.0. The maximum atomic E-state index is 9.99. The van der Waals surface area contributed by atoms with Gasteiger partial charge in [0.25, 0.3) is 10.0 Å². The van der Waals surface area contributed by atoms with E-state index < -0.39 is 10.0 Å². The van der Waals surface area contributed by atoms with Crippen LogP contribution in [-0.2, 0) is 10.0 Å². The number of primary sulfonamides is 1. The van der Waals surface area contributed by atoms with Crippen LogP contribution in [0.25, 0.3) is 0 Å². The van der Waals surface area contributed by atoms with Crippen LogP contribution in [0, 0.1) is 11.2 Å². The van der Waals surface area contributed by atoms with Gasteiger partial charge < -0.3 is 0 Å². The van der Waals surface area contributed by atoms with Crippen LogP contribution in [0.4, 0.5) is 0 Å². The maximum Gasteiger partial charge on any atom is 0.277 e. The molecule has 3 nitrogen and oxygen atoms in total. The molecule has 0 fully saturated rings. The molecule has 0 saturated heterocycles. The molecule has 0 spiro atoms. The first kappa shape index (κ1) is 7.47. The molecule has 0 heterocycles. The van der Waals surface area contributed by atoms with Crippen LogP contribution < -0.4 is 5.14 Å². The van der Waals surface area contributed by atoms with Crippen molar-refractivity contribution in [2.45, 2.75) is 13.3 Å². The fraction of sp³-hybridized carbons (Fsp3) is 0.500. The van der Waals surface area contributed by atoms with E-state index in [1.54, 1.807) is 6.92 Å². The Balaban J connectivity index is 4.12. The number of rotatable bonds is 0. The third kappa shape index (κ3) is 5.47.